The van der Waals surface area contributed by atoms with Crippen LogP contribution in [-0.4, -0.2) is 70.9 Å². The van der Waals surface area contributed by atoms with Crippen molar-refractivity contribution in [3.63, 3.8) is 0 Å². The molecule has 138 valence electrons. The number of piperidine rings is 2. The predicted molar refractivity (Wildman–Crippen MR) is 94.9 cm³/mol. The highest BCUT2D eigenvalue weighted by Crippen LogP contribution is 2.40. The van der Waals surface area contributed by atoms with E-state index >= 15 is 0 Å². The number of hydrogen-bond acceptors (Lipinski definition) is 4. The third kappa shape index (κ3) is 4.03. The van der Waals surface area contributed by atoms with Gasteiger partial charge in [0, 0.05) is 50.9 Å². The first-order valence-corrected chi connectivity index (χ1v) is 9.24. The molecule has 2 aliphatic rings. The summed E-state index contributed by atoms with van der Waals surface area (Å²) >= 11 is 0. The summed E-state index contributed by atoms with van der Waals surface area (Å²) < 4.78 is 0. The van der Waals surface area contributed by atoms with Crippen LogP contribution in [0.25, 0.3) is 0 Å². The second kappa shape index (κ2) is 7.56. The first-order chi connectivity index (χ1) is 12.0. The highest BCUT2D eigenvalue weighted by molar-refractivity contribution is 5.81. The van der Waals surface area contributed by atoms with Gasteiger partial charge in [-0.05, 0) is 38.6 Å². The Morgan fingerprint density at radius 1 is 1.40 bits per heavy atom. The van der Waals surface area contributed by atoms with Crippen LogP contribution < -0.4 is 5.32 Å². The maximum Gasteiger partial charge on any atom is 0.239 e. The van der Waals surface area contributed by atoms with E-state index in [4.69, 9.17) is 0 Å². The van der Waals surface area contributed by atoms with Crippen molar-refractivity contribution in [2.45, 2.75) is 45.1 Å². The minimum Gasteiger partial charge on any atom is -0.348 e. The van der Waals surface area contributed by atoms with Crippen LogP contribution in [0.2, 0.25) is 0 Å². The van der Waals surface area contributed by atoms with Crippen molar-refractivity contribution in [1.29, 1.82) is 0 Å². The maximum atomic E-state index is 12.3. The molecule has 2 N–H and O–H groups in total. The van der Waals surface area contributed by atoms with Gasteiger partial charge in [0.2, 0.25) is 11.8 Å². The lowest BCUT2D eigenvalue weighted by atomic mass is 9.72. The van der Waals surface area contributed by atoms with Crippen LogP contribution in [0.3, 0.4) is 0 Å². The molecule has 0 aromatic carbocycles. The molecule has 0 aliphatic carbocycles. The van der Waals surface area contributed by atoms with Crippen LogP contribution in [0.15, 0.2) is 12.5 Å². The fraction of sp³-hybridized carbons (Fsp3) is 0.722. The molecule has 2 amide bonds. The molecule has 3 heterocycles. The van der Waals surface area contributed by atoms with Gasteiger partial charge in [0.25, 0.3) is 0 Å². The molecule has 0 radical (unpaired) electrons. The molecule has 1 aromatic rings. The first kappa shape index (κ1) is 17.9. The second-order valence-electron chi connectivity index (χ2n) is 7.48. The molecule has 0 unspecified atom stereocenters. The van der Waals surface area contributed by atoms with Gasteiger partial charge < -0.3 is 20.1 Å². The molecule has 1 spiro atoms. The average molecular weight is 347 g/mol. The Hall–Kier alpha value is -1.89. The van der Waals surface area contributed by atoms with Crippen LogP contribution in [-0.2, 0) is 16.0 Å². The van der Waals surface area contributed by atoms with Gasteiger partial charge in [-0.3, -0.25) is 9.59 Å². The molecule has 3 rings (SSSR count). The third-order valence-corrected chi connectivity index (χ3v) is 5.89. The molecule has 1 atom stereocenters. The maximum absolute atomic E-state index is 12.3. The zero-order valence-electron chi connectivity index (χ0n) is 15.3. The van der Waals surface area contributed by atoms with Gasteiger partial charge in [0.15, 0.2) is 0 Å². The number of aromatic nitrogens is 2. The molecule has 2 fully saturated rings. The summed E-state index contributed by atoms with van der Waals surface area (Å²) in [6, 6.07) is -0.132. The number of rotatable bonds is 5. The number of H-pyrrole nitrogens is 1. The van der Waals surface area contributed by atoms with Gasteiger partial charge in [-0.2, -0.15) is 0 Å². The Balaban J connectivity index is 1.56. The fourth-order valence-corrected chi connectivity index (χ4v) is 3.99. The normalized spacial score (nSPS) is 21.6. The summed E-state index contributed by atoms with van der Waals surface area (Å²) in [6.45, 7) is 5.07. The van der Waals surface area contributed by atoms with Gasteiger partial charge in [0.05, 0.1) is 12.4 Å². The number of imidazole rings is 1. The van der Waals surface area contributed by atoms with E-state index in [-0.39, 0.29) is 23.3 Å². The highest BCUT2D eigenvalue weighted by Gasteiger charge is 2.41. The molecule has 2 aliphatic heterocycles. The number of aromatic amines is 1. The van der Waals surface area contributed by atoms with E-state index in [1.165, 1.54) is 0 Å². The Morgan fingerprint density at radius 2 is 2.16 bits per heavy atom. The summed E-state index contributed by atoms with van der Waals surface area (Å²) in [6.07, 6.45) is 7.86. The van der Waals surface area contributed by atoms with Crippen LogP contribution >= 0.6 is 0 Å². The SMILES string of the molecule is CN[C@@H](C)C(=O)N1CCC2(CCC(=O)N(CCc3cnc[nH]3)C2)CC1. The standard InChI is InChI=1S/C18H29N5O2/c1-14(19-2)17(25)22-9-6-18(7-10-22)5-3-16(24)23(12-18)8-4-15-11-20-13-21-15/h11,13-14,19H,3-10,12H2,1-2H3,(H,20,21)/t14-/m0/s1. The van der Waals surface area contributed by atoms with E-state index in [1.807, 2.05) is 30.0 Å². The number of nitrogens with zero attached hydrogens (tertiary/aromatic N) is 3. The largest absolute Gasteiger partial charge is 0.348 e. The molecular weight excluding hydrogens is 318 g/mol. The van der Waals surface area contributed by atoms with E-state index in [1.54, 1.807) is 6.33 Å². The van der Waals surface area contributed by atoms with Gasteiger partial charge in [-0.1, -0.05) is 0 Å². The molecule has 2 saturated heterocycles. The van der Waals surface area contributed by atoms with E-state index in [0.29, 0.717) is 6.42 Å². The van der Waals surface area contributed by atoms with Gasteiger partial charge in [0.1, 0.15) is 0 Å². The smallest absolute Gasteiger partial charge is 0.239 e. The lowest BCUT2D eigenvalue weighted by Gasteiger charge is -2.47. The van der Waals surface area contributed by atoms with E-state index in [0.717, 1.165) is 57.6 Å². The molecule has 7 nitrogen and oxygen atoms in total. The van der Waals surface area contributed by atoms with Crippen LogP contribution in [0, 0.1) is 5.41 Å². The summed E-state index contributed by atoms with van der Waals surface area (Å²) in [4.78, 5) is 35.8. The van der Waals surface area contributed by atoms with Crippen LogP contribution in [0.1, 0.15) is 38.3 Å². The van der Waals surface area contributed by atoms with Gasteiger partial charge in [-0.15, -0.1) is 0 Å². The molecule has 25 heavy (non-hydrogen) atoms. The van der Waals surface area contributed by atoms with E-state index in [9.17, 15) is 9.59 Å². The zero-order chi connectivity index (χ0) is 17.9. The van der Waals surface area contributed by atoms with Crippen molar-refractivity contribution in [1.82, 2.24) is 25.1 Å². The number of likely N-dealkylation sites (tertiary alicyclic amines) is 2. The van der Waals surface area contributed by atoms with Crippen molar-refractivity contribution >= 4 is 11.8 Å². The molecule has 0 bridgehead atoms. The monoisotopic (exact) mass is 347 g/mol. The summed E-state index contributed by atoms with van der Waals surface area (Å²) in [5, 5.41) is 3.02. The van der Waals surface area contributed by atoms with E-state index in [2.05, 4.69) is 15.3 Å². The predicted octanol–water partition coefficient (Wildman–Crippen LogP) is 0.791. The Labute approximate surface area is 149 Å². The lowest BCUT2D eigenvalue weighted by Crippen LogP contribution is -2.54. The molecular formula is C18H29N5O2. The Morgan fingerprint density at radius 3 is 2.80 bits per heavy atom. The molecule has 1 aromatic heterocycles. The second-order valence-corrected chi connectivity index (χ2v) is 7.48. The number of hydrogen-bond donors (Lipinski definition) is 2. The number of carbonyl (C=O) groups excluding carboxylic acids is 2. The Bertz CT molecular complexity index is 593. The lowest BCUT2D eigenvalue weighted by molar-refractivity contribution is -0.143. The number of likely N-dealkylation sites (N-methyl/N-ethyl adjacent to an activating group) is 1. The summed E-state index contributed by atoms with van der Waals surface area (Å²) in [5.41, 5.74) is 1.25. The van der Waals surface area contributed by atoms with Crippen LogP contribution in [0.4, 0.5) is 0 Å². The van der Waals surface area contributed by atoms with Crippen molar-refractivity contribution < 1.29 is 9.59 Å². The minimum atomic E-state index is -0.132. The summed E-state index contributed by atoms with van der Waals surface area (Å²) in [5.74, 6) is 0.438. The minimum absolute atomic E-state index is 0.132. The molecule has 7 heteroatoms. The van der Waals surface area contributed by atoms with Crippen molar-refractivity contribution in [2.24, 2.45) is 5.41 Å². The van der Waals surface area contributed by atoms with Crippen molar-refractivity contribution in [3.05, 3.63) is 18.2 Å². The Kier molecular flexibility index (Phi) is 5.42. The number of nitrogens with one attached hydrogen (secondary N) is 2. The fourth-order valence-electron chi connectivity index (χ4n) is 3.99. The zero-order valence-corrected chi connectivity index (χ0v) is 15.3. The first-order valence-electron chi connectivity index (χ1n) is 9.24. The summed E-state index contributed by atoms with van der Waals surface area (Å²) in [7, 11) is 1.82. The molecule has 0 saturated carbocycles. The topological polar surface area (TPSA) is 81.3 Å². The highest BCUT2D eigenvalue weighted by atomic mass is 16.2. The van der Waals surface area contributed by atoms with Gasteiger partial charge >= 0.3 is 0 Å². The van der Waals surface area contributed by atoms with Crippen LogP contribution in [0.5, 0.6) is 0 Å². The number of carbonyl (C=O) groups is 2. The van der Waals surface area contributed by atoms with Crippen molar-refractivity contribution in [3.8, 4) is 0 Å². The quantitative estimate of drug-likeness (QED) is 0.825. The van der Waals surface area contributed by atoms with E-state index < -0.39 is 0 Å². The third-order valence-electron chi connectivity index (χ3n) is 5.89. The average Bonchev–Trinajstić information content (AvgIpc) is 3.15. The van der Waals surface area contributed by atoms with Gasteiger partial charge in [-0.25, -0.2) is 4.98 Å². The number of amides is 2. The van der Waals surface area contributed by atoms with Crippen molar-refractivity contribution in [2.75, 3.05) is 33.2 Å².